The number of carbonyl (C=O) groups is 2. The summed E-state index contributed by atoms with van der Waals surface area (Å²) < 4.78 is 18.6. The van der Waals surface area contributed by atoms with Gasteiger partial charge in [-0.2, -0.15) is 5.26 Å². The molecule has 2 amide bonds. The molecule has 28 heavy (non-hydrogen) atoms. The van der Waals surface area contributed by atoms with Gasteiger partial charge in [0.15, 0.2) is 0 Å². The Morgan fingerprint density at radius 2 is 1.68 bits per heavy atom. The van der Waals surface area contributed by atoms with Crippen molar-refractivity contribution in [2.45, 2.75) is 0 Å². The van der Waals surface area contributed by atoms with Crippen LogP contribution in [0.1, 0.15) is 16.1 Å². The second-order valence-electron chi connectivity index (χ2n) is 5.65. The fourth-order valence-electron chi connectivity index (χ4n) is 2.33. The lowest BCUT2D eigenvalue weighted by atomic mass is 10.2. The van der Waals surface area contributed by atoms with Crippen LogP contribution in [0.25, 0.3) is 17.4 Å². The van der Waals surface area contributed by atoms with E-state index in [1.807, 2.05) is 0 Å². The maximum absolute atomic E-state index is 13.0. The highest BCUT2D eigenvalue weighted by molar-refractivity contribution is 6.03. The Kier molecular flexibility index (Phi) is 5.63. The molecule has 3 rings (SSSR count). The predicted octanol–water partition coefficient (Wildman–Crippen LogP) is 3.45. The molecule has 0 unspecified atom stereocenters. The van der Waals surface area contributed by atoms with E-state index < -0.39 is 11.8 Å². The summed E-state index contributed by atoms with van der Waals surface area (Å²) >= 11 is 0. The van der Waals surface area contributed by atoms with Crippen molar-refractivity contribution in [2.24, 2.45) is 0 Å². The summed E-state index contributed by atoms with van der Waals surface area (Å²) in [5.41, 5.74) is 5.18. The normalized spacial score (nSPS) is 10.8. The minimum Gasteiger partial charge on any atom is -0.457 e. The van der Waals surface area contributed by atoms with Gasteiger partial charge in [0.25, 0.3) is 11.8 Å². The lowest BCUT2D eigenvalue weighted by Gasteiger charge is -2.06. The van der Waals surface area contributed by atoms with Crippen molar-refractivity contribution in [2.75, 3.05) is 0 Å². The number of nitrogens with zero attached hydrogens (tertiary/aromatic N) is 1. The molecule has 0 aliphatic heterocycles. The lowest BCUT2D eigenvalue weighted by Crippen LogP contribution is -2.42. The van der Waals surface area contributed by atoms with Crippen molar-refractivity contribution >= 4 is 17.9 Å². The standard InChI is InChI=1S/C21H14FN3O3/c22-17-8-6-14(7-9-17)19-11-10-18(28-19)12-16(13-23)21(27)25-24-20(26)15-4-2-1-3-5-15/h1-12H,(H,24,26)(H,25,27). The van der Waals surface area contributed by atoms with Gasteiger partial charge < -0.3 is 4.42 Å². The van der Waals surface area contributed by atoms with Crippen molar-refractivity contribution in [3.8, 4) is 17.4 Å². The Morgan fingerprint density at radius 3 is 2.36 bits per heavy atom. The Morgan fingerprint density at radius 1 is 0.964 bits per heavy atom. The van der Waals surface area contributed by atoms with E-state index in [-0.39, 0.29) is 17.2 Å². The van der Waals surface area contributed by atoms with Crippen LogP contribution >= 0.6 is 0 Å². The number of hydrazine groups is 1. The van der Waals surface area contributed by atoms with Crippen LogP contribution in [0.4, 0.5) is 4.39 Å². The van der Waals surface area contributed by atoms with Gasteiger partial charge in [-0.3, -0.25) is 20.4 Å². The van der Waals surface area contributed by atoms with Crippen molar-refractivity contribution in [1.82, 2.24) is 10.9 Å². The van der Waals surface area contributed by atoms with Crippen LogP contribution in [-0.4, -0.2) is 11.8 Å². The summed E-state index contributed by atoms with van der Waals surface area (Å²) in [5, 5.41) is 9.22. The van der Waals surface area contributed by atoms with Gasteiger partial charge in [0.2, 0.25) is 0 Å². The molecule has 6 nitrogen and oxygen atoms in total. The molecule has 0 atom stereocenters. The zero-order valence-corrected chi connectivity index (χ0v) is 14.5. The zero-order valence-electron chi connectivity index (χ0n) is 14.5. The van der Waals surface area contributed by atoms with Crippen LogP contribution in [0.2, 0.25) is 0 Å². The maximum Gasteiger partial charge on any atom is 0.280 e. The van der Waals surface area contributed by atoms with E-state index in [0.29, 0.717) is 16.9 Å². The highest BCUT2D eigenvalue weighted by atomic mass is 19.1. The SMILES string of the molecule is N#CC(=Cc1ccc(-c2ccc(F)cc2)o1)C(=O)NNC(=O)c1ccccc1. The maximum atomic E-state index is 13.0. The number of carbonyl (C=O) groups excluding carboxylic acids is 2. The topological polar surface area (TPSA) is 95.1 Å². The van der Waals surface area contributed by atoms with Crippen LogP contribution in [0.15, 0.2) is 76.7 Å². The first kappa shape index (κ1) is 18.6. The zero-order chi connectivity index (χ0) is 19.9. The molecule has 7 heteroatoms. The lowest BCUT2D eigenvalue weighted by molar-refractivity contribution is -0.117. The van der Waals surface area contributed by atoms with Gasteiger partial charge >= 0.3 is 0 Å². The van der Waals surface area contributed by atoms with Crippen LogP contribution in [0.5, 0.6) is 0 Å². The first-order valence-corrected chi connectivity index (χ1v) is 8.20. The fourth-order valence-corrected chi connectivity index (χ4v) is 2.33. The molecule has 1 aromatic heterocycles. The van der Waals surface area contributed by atoms with E-state index in [1.54, 1.807) is 60.7 Å². The predicted molar refractivity (Wildman–Crippen MR) is 99.7 cm³/mol. The highest BCUT2D eigenvalue weighted by Crippen LogP contribution is 2.23. The van der Waals surface area contributed by atoms with E-state index in [0.717, 1.165) is 0 Å². The third-order valence-corrected chi connectivity index (χ3v) is 3.73. The molecule has 0 radical (unpaired) electrons. The Hall–Kier alpha value is -4.18. The van der Waals surface area contributed by atoms with Gasteiger partial charge in [-0.1, -0.05) is 18.2 Å². The Bertz CT molecular complexity index is 1060. The quantitative estimate of drug-likeness (QED) is 0.415. The number of nitriles is 1. The molecule has 0 bridgehead atoms. The molecule has 2 N–H and O–H groups in total. The number of furan rings is 1. The number of rotatable bonds is 4. The second kappa shape index (κ2) is 8.47. The average Bonchev–Trinajstić information content (AvgIpc) is 3.19. The van der Waals surface area contributed by atoms with Crippen molar-refractivity contribution in [3.63, 3.8) is 0 Å². The highest BCUT2D eigenvalue weighted by Gasteiger charge is 2.13. The molecule has 0 saturated heterocycles. The van der Waals surface area contributed by atoms with Gasteiger partial charge in [-0.15, -0.1) is 0 Å². The number of halogens is 1. The third-order valence-electron chi connectivity index (χ3n) is 3.73. The van der Waals surface area contributed by atoms with E-state index in [1.165, 1.54) is 18.2 Å². The number of hydrogen-bond acceptors (Lipinski definition) is 4. The molecule has 0 saturated carbocycles. The minimum absolute atomic E-state index is 0.256. The molecule has 3 aromatic rings. The van der Waals surface area contributed by atoms with Gasteiger partial charge in [0.05, 0.1) is 0 Å². The van der Waals surface area contributed by atoms with Crippen LogP contribution in [0.3, 0.4) is 0 Å². The minimum atomic E-state index is -0.786. The smallest absolute Gasteiger partial charge is 0.280 e. The van der Waals surface area contributed by atoms with Crippen LogP contribution in [-0.2, 0) is 4.79 Å². The van der Waals surface area contributed by atoms with E-state index in [9.17, 15) is 19.2 Å². The van der Waals surface area contributed by atoms with Crippen molar-refractivity contribution in [3.05, 3.63) is 89.4 Å². The molecule has 0 aliphatic carbocycles. The second-order valence-corrected chi connectivity index (χ2v) is 5.65. The summed E-state index contributed by atoms with van der Waals surface area (Å²) in [6.07, 6.45) is 1.25. The Labute approximate surface area is 159 Å². The van der Waals surface area contributed by atoms with Gasteiger partial charge in [0.1, 0.15) is 29.0 Å². The Balaban J connectivity index is 1.68. The van der Waals surface area contributed by atoms with Gasteiger partial charge in [-0.05, 0) is 48.5 Å². The molecule has 0 fully saturated rings. The molecule has 1 heterocycles. The summed E-state index contributed by atoms with van der Waals surface area (Å²) in [6, 6.07) is 19.0. The average molecular weight is 375 g/mol. The molecule has 2 aromatic carbocycles. The molecular formula is C21H14FN3O3. The number of benzene rings is 2. The van der Waals surface area contributed by atoms with E-state index in [2.05, 4.69) is 10.9 Å². The molecular weight excluding hydrogens is 361 g/mol. The van der Waals surface area contributed by atoms with Gasteiger partial charge in [-0.25, -0.2) is 4.39 Å². The number of amides is 2. The third kappa shape index (κ3) is 4.51. The summed E-state index contributed by atoms with van der Waals surface area (Å²) in [6.45, 7) is 0. The first-order valence-electron chi connectivity index (χ1n) is 8.20. The van der Waals surface area contributed by atoms with Gasteiger partial charge in [0, 0.05) is 17.2 Å². The monoisotopic (exact) mass is 375 g/mol. The largest absolute Gasteiger partial charge is 0.457 e. The molecule has 138 valence electrons. The fraction of sp³-hybridized carbons (Fsp3) is 0. The molecule has 0 aliphatic rings. The van der Waals surface area contributed by atoms with Crippen molar-refractivity contribution in [1.29, 1.82) is 5.26 Å². The van der Waals surface area contributed by atoms with E-state index >= 15 is 0 Å². The van der Waals surface area contributed by atoms with E-state index in [4.69, 9.17) is 4.42 Å². The first-order chi connectivity index (χ1) is 13.6. The van der Waals surface area contributed by atoms with Crippen LogP contribution < -0.4 is 10.9 Å². The number of hydrogen-bond donors (Lipinski definition) is 2. The number of nitrogens with one attached hydrogen (secondary N) is 2. The summed E-state index contributed by atoms with van der Waals surface area (Å²) in [4.78, 5) is 24.1. The van der Waals surface area contributed by atoms with Crippen LogP contribution in [0, 0.1) is 17.1 Å². The summed E-state index contributed by atoms with van der Waals surface area (Å²) in [7, 11) is 0. The van der Waals surface area contributed by atoms with Crippen molar-refractivity contribution < 1.29 is 18.4 Å². The summed E-state index contributed by atoms with van der Waals surface area (Å²) in [5.74, 6) is -0.937. The molecule has 0 spiro atoms.